The van der Waals surface area contributed by atoms with Gasteiger partial charge in [0.2, 0.25) is 5.95 Å². The minimum atomic E-state index is -0.565. The Kier molecular flexibility index (Phi) is 6.54. The fraction of sp³-hybridized carbons (Fsp3) is 0.286. The molecule has 3 heterocycles. The fourth-order valence-corrected chi connectivity index (χ4v) is 4.92. The van der Waals surface area contributed by atoms with E-state index in [1.807, 2.05) is 45.0 Å². The van der Waals surface area contributed by atoms with E-state index in [0.717, 1.165) is 19.7 Å². The number of hydrogen-bond acceptors (Lipinski definition) is 6. The summed E-state index contributed by atoms with van der Waals surface area (Å²) in [4.78, 5) is 22.8. The first-order chi connectivity index (χ1) is 13.7. The Balaban J connectivity index is 1.90. The van der Waals surface area contributed by atoms with Gasteiger partial charge in [0, 0.05) is 35.4 Å². The molecule has 0 aliphatic carbocycles. The van der Waals surface area contributed by atoms with Crippen LogP contribution in [0, 0.1) is 5.95 Å². The molecule has 8 heteroatoms. The van der Waals surface area contributed by atoms with Crippen LogP contribution in [-0.2, 0) is 11.3 Å². The van der Waals surface area contributed by atoms with Gasteiger partial charge in [0.15, 0.2) is 0 Å². The van der Waals surface area contributed by atoms with Gasteiger partial charge in [0.1, 0.15) is 10.6 Å². The summed E-state index contributed by atoms with van der Waals surface area (Å²) < 4.78 is 20.7. The molecule has 0 unspecified atom stereocenters. The van der Waals surface area contributed by atoms with E-state index in [0.29, 0.717) is 12.1 Å². The Hall–Kier alpha value is -2.45. The van der Waals surface area contributed by atoms with Crippen LogP contribution in [0.1, 0.15) is 25.6 Å². The average molecular weight is 432 g/mol. The SMILES string of the molecule is CN(Cc1cc(-c2cccnc2F)c(Sc2ccccn2)s1)C(=O)OC(C)(C)C. The van der Waals surface area contributed by atoms with E-state index in [1.165, 1.54) is 34.2 Å². The minimum absolute atomic E-state index is 0.358. The van der Waals surface area contributed by atoms with E-state index in [9.17, 15) is 9.18 Å². The molecule has 5 nitrogen and oxygen atoms in total. The number of halogens is 1. The predicted molar refractivity (Wildman–Crippen MR) is 114 cm³/mol. The monoisotopic (exact) mass is 431 g/mol. The van der Waals surface area contributed by atoms with Gasteiger partial charge in [0.25, 0.3) is 0 Å². The second-order valence-electron chi connectivity index (χ2n) is 7.36. The van der Waals surface area contributed by atoms with Crippen LogP contribution in [0.3, 0.4) is 0 Å². The molecule has 152 valence electrons. The summed E-state index contributed by atoms with van der Waals surface area (Å²) in [7, 11) is 1.68. The van der Waals surface area contributed by atoms with Gasteiger partial charge in [-0.15, -0.1) is 11.3 Å². The number of ether oxygens (including phenoxy) is 1. The first-order valence-electron chi connectivity index (χ1n) is 8.99. The molecule has 0 saturated carbocycles. The van der Waals surface area contributed by atoms with Crippen molar-refractivity contribution < 1.29 is 13.9 Å². The molecule has 0 spiro atoms. The molecule has 3 aromatic rings. The summed E-state index contributed by atoms with van der Waals surface area (Å²) in [5, 5.41) is 0.812. The van der Waals surface area contributed by atoms with Gasteiger partial charge < -0.3 is 9.64 Å². The quantitative estimate of drug-likeness (QED) is 0.474. The fourth-order valence-electron chi connectivity index (χ4n) is 2.49. The molecule has 0 aromatic carbocycles. The summed E-state index contributed by atoms with van der Waals surface area (Å²) in [5.74, 6) is -0.528. The molecule has 0 aliphatic rings. The van der Waals surface area contributed by atoms with Crippen molar-refractivity contribution in [1.29, 1.82) is 0 Å². The van der Waals surface area contributed by atoms with Gasteiger partial charge in [-0.1, -0.05) is 17.8 Å². The highest BCUT2D eigenvalue weighted by Crippen LogP contribution is 2.42. The lowest BCUT2D eigenvalue weighted by Crippen LogP contribution is -2.33. The lowest BCUT2D eigenvalue weighted by Gasteiger charge is -2.24. The molecular weight excluding hydrogens is 409 g/mol. The summed E-state index contributed by atoms with van der Waals surface area (Å²) in [5.41, 5.74) is 0.599. The maximum absolute atomic E-state index is 14.4. The summed E-state index contributed by atoms with van der Waals surface area (Å²) in [6, 6.07) is 11.0. The largest absolute Gasteiger partial charge is 0.444 e. The van der Waals surface area contributed by atoms with E-state index >= 15 is 0 Å². The molecule has 29 heavy (non-hydrogen) atoms. The standard InChI is InChI=1S/C21H22FN3O2S2/c1-21(2,3)27-20(26)25(4)13-14-12-16(15-8-7-11-24-18(15)22)19(28-14)29-17-9-5-6-10-23-17/h5-12H,13H2,1-4H3. The maximum atomic E-state index is 14.4. The molecule has 0 bridgehead atoms. The van der Waals surface area contributed by atoms with E-state index < -0.39 is 17.6 Å². The highest BCUT2D eigenvalue weighted by Gasteiger charge is 2.22. The molecule has 3 rings (SSSR count). The van der Waals surface area contributed by atoms with Crippen molar-refractivity contribution in [3.05, 3.63) is 59.6 Å². The number of thiophene rings is 1. The number of rotatable bonds is 5. The van der Waals surface area contributed by atoms with Crippen molar-refractivity contribution in [2.75, 3.05) is 7.05 Å². The molecule has 0 radical (unpaired) electrons. The number of carbonyl (C=O) groups is 1. The van der Waals surface area contributed by atoms with Crippen LogP contribution in [0.25, 0.3) is 11.1 Å². The molecule has 0 fully saturated rings. The van der Waals surface area contributed by atoms with Crippen LogP contribution in [-0.4, -0.2) is 33.6 Å². The normalized spacial score (nSPS) is 11.3. The highest BCUT2D eigenvalue weighted by molar-refractivity contribution is 8.01. The van der Waals surface area contributed by atoms with Gasteiger partial charge in [-0.2, -0.15) is 4.39 Å². The van der Waals surface area contributed by atoms with E-state index in [-0.39, 0.29) is 0 Å². The Morgan fingerprint density at radius 2 is 1.93 bits per heavy atom. The molecule has 0 saturated heterocycles. The summed E-state index contributed by atoms with van der Waals surface area (Å²) in [6.07, 6.45) is 2.74. The Bertz CT molecular complexity index is 987. The third-order valence-electron chi connectivity index (χ3n) is 3.73. The van der Waals surface area contributed by atoms with Gasteiger partial charge in [-0.05, 0) is 51.1 Å². The zero-order valence-electron chi connectivity index (χ0n) is 16.7. The molecular formula is C21H22FN3O2S2. The van der Waals surface area contributed by atoms with Crippen LogP contribution < -0.4 is 0 Å². The van der Waals surface area contributed by atoms with Crippen molar-refractivity contribution in [3.8, 4) is 11.1 Å². The van der Waals surface area contributed by atoms with Crippen molar-refractivity contribution in [3.63, 3.8) is 0 Å². The smallest absolute Gasteiger partial charge is 0.410 e. The molecule has 3 aromatic heterocycles. The van der Waals surface area contributed by atoms with Crippen molar-refractivity contribution in [2.45, 2.75) is 42.2 Å². The summed E-state index contributed by atoms with van der Waals surface area (Å²) in [6.45, 7) is 5.84. The highest BCUT2D eigenvalue weighted by atomic mass is 32.2. The third kappa shape index (κ3) is 5.77. The van der Waals surface area contributed by atoms with Gasteiger partial charge in [-0.25, -0.2) is 14.8 Å². The molecule has 0 N–H and O–H groups in total. The molecule has 0 atom stereocenters. The van der Waals surface area contributed by atoms with E-state index in [4.69, 9.17) is 4.74 Å². The number of aromatic nitrogens is 2. The maximum Gasteiger partial charge on any atom is 0.410 e. The zero-order chi connectivity index (χ0) is 21.0. The number of carbonyl (C=O) groups excluding carboxylic acids is 1. The van der Waals surface area contributed by atoms with Crippen LogP contribution in [0.2, 0.25) is 0 Å². The van der Waals surface area contributed by atoms with E-state index in [2.05, 4.69) is 9.97 Å². The van der Waals surface area contributed by atoms with Gasteiger partial charge in [0.05, 0.1) is 10.8 Å². The minimum Gasteiger partial charge on any atom is -0.444 e. The Morgan fingerprint density at radius 3 is 2.59 bits per heavy atom. The third-order valence-corrected chi connectivity index (χ3v) is 6.00. The lowest BCUT2D eigenvalue weighted by molar-refractivity contribution is 0.0287. The second-order valence-corrected chi connectivity index (χ2v) is 9.79. The number of amides is 1. The first-order valence-corrected chi connectivity index (χ1v) is 10.6. The predicted octanol–water partition coefficient (Wildman–Crippen LogP) is 5.86. The van der Waals surface area contributed by atoms with Gasteiger partial charge >= 0.3 is 6.09 Å². The number of pyridine rings is 2. The molecule has 0 aliphatic heterocycles. The lowest BCUT2D eigenvalue weighted by atomic mass is 10.1. The van der Waals surface area contributed by atoms with Crippen LogP contribution in [0.5, 0.6) is 0 Å². The topological polar surface area (TPSA) is 55.3 Å². The number of hydrogen-bond donors (Lipinski definition) is 0. The van der Waals surface area contributed by atoms with E-state index in [1.54, 1.807) is 25.4 Å². The zero-order valence-corrected chi connectivity index (χ0v) is 18.3. The van der Waals surface area contributed by atoms with Crippen molar-refractivity contribution >= 4 is 29.2 Å². The number of nitrogens with zero attached hydrogens (tertiary/aromatic N) is 3. The summed E-state index contributed by atoms with van der Waals surface area (Å²) >= 11 is 2.96. The Labute approximate surface area is 178 Å². The Morgan fingerprint density at radius 1 is 1.17 bits per heavy atom. The van der Waals surface area contributed by atoms with Crippen molar-refractivity contribution in [1.82, 2.24) is 14.9 Å². The molecule has 1 amide bonds. The average Bonchev–Trinajstić information content (AvgIpc) is 3.03. The van der Waals surface area contributed by atoms with Gasteiger partial charge in [-0.3, -0.25) is 0 Å². The first kappa shape index (κ1) is 21.3. The van der Waals surface area contributed by atoms with Crippen molar-refractivity contribution in [2.24, 2.45) is 0 Å². The van der Waals surface area contributed by atoms with Crippen LogP contribution >= 0.6 is 23.1 Å². The van der Waals surface area contributed by atoms with Crippen LogP contribution in [0.15, 0.2) is 58.0 Å². The van der Waals surface area contributed by atoms with Crippen LogP contribution in [0.4, 0.5) is 9.18 Å². The second kappa shape index (κ2) is 8.92.